The second kappa shape index (κ2) is 5.92. The van der Waals surface area contributed by atoms with E-state index in [2.05, 4.69) is 67.7 Å². The third-order valence-corrected chi connectivity index (χ3v) is 15.8. The number of nitrogens with zero attached hydrogens (tertiary/aromatic N) is 2. The van der Waals surface area contributed by atoms with Crippen LogP contribution in [-0.4, -0.2) is 33.5 Å². The summed E-state index contributed by atoms with van der Waals surface area (Å²) in [6, 6.07) is 0. The van der Waals surface area contributed by atoms with Crippen LogP contribution in [0.4, 0.5) is 0 Å². The average Bonchev–Trinajstić information content (AvgIpc) is 1.91. The molecule has 0 radical (unpaired) electrons. The number of hydrogen-bond donors (Lipinski definition) is 0. The molecule has 0 heterocycles. The normalized spacial score (nSPS) is 15.2. The highest BCUT2D eigenvalue weighted by molar-refractivity contribution is 8.03. The molecule has 8 heteroatoms. The van der Waals surface area contributed by atoms with Crippen molar-refractivity contribution in [2.24, 2.45) is 0 Å². The second-order valence-electron chi connectivity index (χ2n) is 7.33. The van der Waals surface area contributed by atoms with E-state index in [1.807, 2.05) is 0 Å². The molecule has 0 bridgehead atoms. The van der Waals surface area contributed by atoms with Crippen LogP contribution in [0.3, 0.4) is 0 Å². The first-order valence-corrected chi connectivity index (χ1v) is 19.4. The minimum Gasteiger partial charge on any atom is -0.285 e. The van der Waals surface area contributed by atoms with Crippen LogP contribution in [0.25, 0.3) is 0 Å². The maximum Gasteiger partial charge on any atom is 0.165 e. The van der Waals surface area contributed by atoms with Gasteiger partial charge in [-0.1, -0.05) is 81.4 Å². The fourth-order valence-corrected chi connectivity index (χ4v) is 24.8. The summed E-state index contributed by atoms with van der Waals surface area (Å²) in [5, 5.41) is 0. The van der Waals surface area contributed by atoms with E-state index in [1.165, 1.54) is 0 Å². The molecule has 104 valence electrons. The van der Waals surface area contributed by atoms with Crippen molar-refractivity contribution in [3.05, 3.63) is 0 Å². The summed E-state index contributed by atoms with van der Waals surface area (Å²) in [5.74, 6) is 0. The van der Waals surface area contributed by atoms with Crippen LogP contribution < -0.4 is 0 Å². The topological polar surface area (TPSA) is 6.48 Å². The monoisotopic (exact) mass is 348 g/mol. The van der Waals surface area contributed by atoms with Crippen molar-refractivity contribution in [1.29, 1.82) is 0 Å². The van der Waals surface area contributed by atoms with Crippen molar-refractivity contribution in [1.82, 2.24) is 8.79 Å². The van der Waals surface area contributed by atoms with E-state index in [9.17, 15) is 0 Å². The first-order valence-electron chi connectivity index (χ1n) is 5.91. The summed E-state index contributed by atoms with van der Waals surface area (Å²) < 4.78 is 5.02. The number of halogens is 2. The van der Waals surface area contributed by atoms with Gasteiger partial charge in [-0.15, -0.1) is 0 Å². The Morgan fingerprint density at radius 1 is 0.647 bits per heavy atom. The Morgan fingerprint density at radius 2 is 0.941 bits per heavy atom. The van der Waals surface area contributed by atoms with Gasteiger partial charge < -0.3 is 0 Å². The van der Waals surface area contributed by atoms with Crippen LogP contribution in [0, 0.1) is 0 Å². The zero-order valence-corrected chi connectivity index (χ0v) is 18.0. The first-order chi connectivity index (χ1) is 7.19. The molecule has 0 N–H and O–H groups in total. The maximum absolute atomic E-state index is 6.33. The summed E-state index contributed by atoms with van der Waals surface area (Å²) in [6.45, 7) is 20.2. The maximum atomic E-state index is 6.33. The molecule has 0 aromatic rings. The van der Waals surface area contributed by atoms with Gasteiger partial charge >= 0.3 is 0 Å². The van der Waals surface area contributed by atoms with Crippen molar-refractivity contribution < 1.29 is 0 Å². The molecule has 0 unspecified atom stereocenters. The summed E-state index contributed by atoms with van der Waals surface area (Å²) in [5.41, 5.74) is 0. The van der Waals surface area contributed by atoms with E-state index in [0.29, 0.717) is 0 Å². The fourth-order valence-electron chi connectivity index (χ4n) is 2.17. The summed E-state index contributed by atoms with van der Waals surface area (Å²) in [6.07, 6.45) is 0. The molecule has 0 aromatic heterocycles. The second-order valence-corrected chi connectivity index (χ2v) is 25.7. The molecule has 0 aliphatic rings. The first kappa shape index (κ1) is 18.6. The van der Waals surface area contributed by atoms with Crippen molar-refractivity contribution in [2.75, 3.05) is 0 Å². The van der Waals surface area contributed by atoms with Gasteiger partial charge in [-0.05, 0) is 0 Å². The molecule has 0 atom stereocenters. The van der Waals surface area contributed by atoms with Crippen LogP contribution in [0.2, 0.25) is 58.9 Å². The van der Waals surface area contributed by atoms with Gasteiger partial charge in [0.25, 0.3) is 0 Å². The molecule has 0 saturated carbocycles. The molecule has 17 heavy (non-hydrogen) atoms. The molecular weight excluding hydrogens is 322 g/mol. The van der Waals surface area contributed by atoms with E-state index >= 15 is 0 Å². The zero-order valence-electron chi connectivity index (χ0n) is 12.6. The lowest BCUT2D eigenvalue weighted by Gasteiger charge is -2.54. The van der Waals surface area contributed by atoms with Crippen LogP contribution in [0.5, 0.6) is 0 Å². The Morgan fingerprint density at radius 3 is 1.00 bits per heavy atom. The van der Waals surface area contributed by atoms with Crippen molar-refractivity contribution >= 4 is 54.0 Å². The van der Waals surface area contributed by atoms with Gasteiger partial charge in [0.15, 0.2) is 6.78 Å². The molecule has 0 saturated heterocycles. The molecule has 0 aliphatic heterocycles. The highest BCUT2D eigenvalue weighted by Gasteiger charge is 2.45. The van der Waals surface area contributed by atoms with Crippen LogP contribution in [0.15, 0.2) is 0 Å². The van der Waals surface area contributed by atoms with E-state index in [4.69, 9.17) is 22.5 Å². The SMILES string of the molecule is C[Si](C)(C)N(N([Si](C)(C)C)[Si](C)(C)C)P(Cl)Cl. The highest BCUT2D eigenvalue weighted by atomic mass is 35.9. The lowest BCUT2D eigenvalue weighted by Crippen LogP contribution is -2.69. The minimum atomic E-state index is -1.54. The molecule has 0 aliphatic carbocycles. The largest absolute Gasteiger partial charge is 0.285 e. The van der Waals surface area contributed by atoms with Crippen LogP contribution >= 0.6 is 29.3 Å². The van der Waals surface area contributed by atoms with E-state index in [-0.39, 0.29) is 0 Å². The molecule has 0 spiro atoms. The predicted molar refractivity (Wildman–Crippen MR) is 92.3 cm³/mol. The lowest BCUT2D eigenvalue weighted by molar-refractivity contribution is 0.389. The third kappa shape index (κ3) is 5.61. The van der Waals surface area contributed by atoms with Crippen LogP contribution in [-0.2, 0) is 0 Å². The molecule has 2 nitrogen and oxygen atoms in total. The molecular formula is C9H27Cl2N2PSi3. The van der Waals surface area contributed by atoms with Gasteiger partial charge in [0.2, 0.25) is 0 Å². The Kier molecular flexibility index (Phi) is 6.47. The highest BCUT2D eigenvalue weighted by Crippen LogP contribution is 2.55. The lowest BCUT2D eigenvalue weighted by atomic mass is 11.8. The molecule has 0 aromatic carbocycles. The van der Waals surface area contributed by atoms with Gasteiger partial charge in [0.1, 0.15) is 24.7 Å². The smallest absolute Gasteiger partial charge is 0.165 e. The fraction of sp³-hybridized carbons (Fsp3) is 1.00. The van der Waals surface area contributed by atoms with Gasteiger partial charge in [-0.25, -0.2) is 4.44 Å². The minimum absolute atomic E-state index is 1.09. The molecule has 0 fully saturated rings. The number of hydrazine groups is 1. The Hall–Kier alpha value is 1.58. The van der Waals surface area contributed by atoms with Crippen LogP contribution in [0.1, 0.15) is 0 Å². The number of hydrogen-bond acceptors (Lipinski definition) is 2. The number of rotatable bonds is 5. The van der Waals surface area contributed by atoms with Gasteiger partial charge in [0, 0.05) is 0 Å². The van der Waals surface area contributed by atoms with Gasteiger partial charge in [0.05, 0.1) is 0 Å². The van der Waals surface area contributed by atoms with E-state index in [0.717, 1.165) is 0 Å². The average molecular weight is 349 g/mol. The summed E-state index contributed by atoms with van der Waals surface area (Å²) in [4.78, 5) is 0. The Bertz CT molecular complexity index is 244. The third-order valence-electron chi connectivity index (χ3n) is 2.20. The zero-order chi connectivity index (χ0) is 14.2. The van der Waals surface area contributed by atoms with E-state index in [1.54, 1.807) is 0 Å². The molecule has 0 rings (SSSR count). The van der Waals surface area contributed by atoms with Crippen molar-refractivity contribution in [3.8, 4) is 0 Å². The Balaban J connectivity index is 5.58. The summed E-state index contributed by atoms with van der Waals surface area (Å²) in [7, 11) is -4.45. The van der Waals surface area contributed by atoms with Crippen molar-refractivity contribution in [2.45, 2.75) is 58.9 Å². The van der Waals surface area contributed by atoms with Crippen molar-refractivity contribution in [3.63, 3.8) is 0 Å². The van der Waals surface area contributed by atoms with Gasteiger partial charge in [-0.2, -0.15) is 0 Å². The summed E-state index contributed by atoms with van der Waals surface area (Å²) >= 11 is 12.7. The Labute approximate surface area is 121 Å². The molecule has 0 amide bonds. The quantitative estimate of drug-likeness (QED) is 0.356. The van der Waals surface area contributed by atoms with Gasteiger partial charge in [-0.3, -0.25) is 4.34 Å². The van der Waals surface area contributed by atoms with E-state index < -0.39 is 31.5 Å². The standard InChI is InChI=1S/C9H27Cl2N2PSi3/c1-15(2,3)12(14(10)11)13(16(4,5)6)17(7,8)9/h1-9H3. The predicted octanol–water partition coefficient (Wildman–Crippen LogP) is 5.71.